The van der Waals surface area contributed by atoms with Crippen molar-refractivity contribution in [2.45, 2.75) is 52.0 Å². The van der Waals surface area contributed by atoms with Crippen molar-refractivity contribution in [3.63, 3.8) is 0 Å². The summed E-state index contributed by atoms with van der Waals surface area (Å²) in [4.78, 5) is 4.95. The number of nitrogens with one attached hydrogen (secondary N) is 2. The molecule has 1 heterocycles. The van der Waals surface area contributed by atoms with E-state index in [1.807, 2.05) is 19.1 Å². The summed E-state index contributed by atoms with van der Waals surface area (Å²) in [6.45, 7) is 11.8. The summed E-state index contributed by atoms with van der Waals surface area (Å²) >= 11 is 0. The number of sulfonamides is 1. The number of hydrogen-bond acceptors (Lipinski definition) is 3. The van der Waals surface area contributed by atoms with Gasteiger partial charge >= 0.3 is 0 Å². The Morgan fingerprint density at radius 3 is 2.50 bits per heavy atom. The van der Waals surface area contributed by atoms with Crippen molar-refractivity contribution in [1.82, 2.24) is 14.9 Å². The van der Waals surface area contributed by atoms with Gasteiger partial charge in [0.05, 0.1) is 11.4 Å². The molecule has 1 aromatic rings. The molecule has 8 heteroatoms. The predicted octanol–water partition coefficient (Wildman–Crippen LogP) is 3.44. The van der Waals surface area contributed by atoms with E-state index in [9.17, 15) is 8.42 Å². The lowest BCUT2D eigenvalue weighted by Crippen LogP contribution is -2.39. The minimum absolute atomic E-state index is 0. The van der Waals surface area contributed by atoms with Gasteiger partial charge in [-0.15, -0.1) is 24.0 Å². The second kappa shape index (κ2) is 12.0. The monoisotopic (exact) mass is 522 g/mol. The molecule has 0 radical (unpaired) electrons. The minimum atomic E-state index is -3.40. The Hall–Kier alpha value is -0.870. The molecule has 2 N–H and O–H groups in total. The lowest BCUT2D eigenvalue weighted by atomic mass is 10.0. The molecule has 0 saturated carbocycles. The van der Waals surface area contributed by atoms with Crippen molar-refractivity contribution in [2.75, 3.05) is 26.2 Å². The van der Waals surface area contributed by atoms with Crippen molar-refractivity contribution in [3.05, 3.63) is 29.8 Å². The zero-order valence-electron chi connectivity index (χ0n) is 17.4. The lowest BCUT2D eigenvalue weighted by Gasteiger charge is -2.30. The molecule has 0 spiro atoms. The van der Waals surface area contributed by atoms with Crippen molar-refractivity contribution < 1.29 is 8.42 Å². The average Bonchev–Trinajstić information content (AvgIpc) is 2.64. The molecule has 1 aliphatic heterocycles. The van der Waals surface area contributed by atoms with Crippen LogP contribution in [0.25, 0.3) is 0 Å². The normalized spacial score (nSPS) is 18.6. The number of aliphatic imine (C=N–C) groups is 1. The first-order valence-electron chi connectivity index (χ1n) is 9.94. The van der Waals surface area contributed by atoms with Crippen LogP contribution >= 0.6 is 24.0 Å². The van der Waals surface area contributed by atoms with Gasteiger partial charge in [-0.25, -0.2) is 13.4 Å². The van der Waals surface area contributed by atoms with E-state index in [1.165, 1.54) is 0 Å². The van der Waals surface area contributed by atoms with Crippen LogP contribution in [0.4, 0.5) is 0 Å². The van der Waals surface area contributed by atoms with Crippen molar-refractivity contribution >= 4 is 40.0 Å². The molecular weight excluding hydrogens is 487 g/mol. The van der Waals surface area contributed by atoms with Crippen molar-refractivity contribution in [3.8, 4) is 0 Å². The quantitative estimate of drug-likeness (QED) is 0.327. The predicted molar refractivity (Wildman–Crippen MR) is 127 cm³/mol. The molecule has 0 aliphatic carbocycles. The van der Waals surface area contributed by atoms with Gasteiger partial charge in [-0.1, -0.05) is 32.9 Å². The molecular formula is C20H35IN4O2S. The molecule has 1 unspecified atom stereocenters. The molecule has 1 aliphatic rings. The van der Waals surface area contributed by atoms with Crippen LogP contribution < -0.4 is 10.6 Å². The molecule has 6 nitrogen and oxygen atoms in total. The maximum absolute atomic E-state index is 12.8. The Morgan fingerprint density at radius 1 is 1.25 bits per heavy atom. The fourth-order valence-corrected chi connectivity index (χ4v) is 4.69. The van der Waals surface area contributed by atoms with Crippen LogP contribution in [0, 0.1) is 11.8 Å². The Bertz CT molecular complexity index is 720. The molecule has 1 atom stereocenters. The zero-order chi connectivity index (χ0) is 19.9. The molecule has 28 heavy (non-hydrogen) atoms. The summed E-state index contributed by atoms with van der Waals surface area (Å²) < 4.78 is 27.3. The smallest absolute Gasteiger partial charge is 0.243 e. The van der Waals surface area contributed by atoms with Crippen molar-refractivity contribution in [1.29, 1.82) is 0 Å². The van der Waals surface area contributed by atoms with Gasteiger partial charge in [0, 0.05) is 26.2 Å². The van der Waals surface area contributed by atoms with E-state index in [0.717, 1.165) is 37.5 Å². The highest BCUT2D eigenvalue weighted by Gasteiger charge is 2.28. The summed E-state index contributed by atoms with van der Waals surface area (Å²) in [5.41, 5.74) is 0.989. The van der Waals surface area contributed by atoms with E-state index in [-0.39, 0.29) is 24.0 Å². The van der Waals surface area contributed by atoms with Gasteiger partial charge in [-0.3, -0.25) is 0 Å². The van der Waals surface area contributed by atoms with Crippen LogP contribution in [0.5, 0.6) is 0 Å². The van der Waals surface area contributed by atoms with Gasteiger partial charge in [0.15, 0.2) is 5.96 Å². The number of rotatable bonds is 7. The Labute approximate surface area is 187 Å². The third-order valence-corrected chi connectivity index (χ3v) is 6.50. The van der Waals surface area contributed by atoms with Crippen LogP contribution in [-0.2, 0) is 16.6 Å². The zero-order valence-corrected chi connectivity index (χ0v) is 20.6. The van der Waals surface area contributed by atoms with E-state index in [0.29, 0.717) is 36.4 Å². The Kier molecular flexibility index (Phi) is 10.8. The van der Waals surface area contributed by atoms with Gasteiger partial charge < -0.3 is 10.6 Å². The van der Waals surface area contributed by atoms with Gasteiger partial charge in [0.25, 0.3) is 0 Å². The summed E-state index contributed by atoms with van der Waals surface area (Å²) in [6, 6.07) is 7.12. The SMILES string of the molecule is CCNC(=NCc1ccc(S(=O)(=O)N2CCCC(C)C2)cc1)NCC(C)C.I. The summed E-state index contributed by atoms with van der Waals surface area (Å²) in [7, 11) is -3.40. The minimum Gasteiger partial charge on any atom is -0.357 e. The number of nitrogens with zero attached hydrogens (tertiary/aromatic N) is 2. The highest BCUT2D eigenvalue weighted by atomic mass is 127. The first kappa shape index (κ1) is 25.2. The molecule has 160 valence electrons. The lowest BCUT2D eigenvalue weighted by molar-refractivity contribution is 0.281. The number of benzene rings is 1. The molecule has 1 fully saturated rings. The summed E-state index contributed by atoms with van der Waals surface area (Å²) in [5.74, 6) is 1.74. The van der Waals surface area contributed by atoms with Crippen LogP contribution in [0.2, 0.25) is 0 Å². The third kappa shape index (κ3) is 7.51. The van der Waals surface area contributed by atoms with Crippen LogP contribution in [-0.4, -0.2) is 44.9 Å². The molecule has 1 saturated heterocycles. The highest BCUT2D eigenvalue weighted by molar-refractivity contribution is 14.0. The number of piperidine rings is 1. The first-order chi connectivity index (χ1) is 12.8. The maximum Gasteiger partial charge on any atom is 0.243 e. The molecule has 0 amide bonds. The largest absolute Gasteiger partial charge is 0.357 e. The van der Waals surface area contributed by atoms with Crippen molar-refractivity contribution in [2.24, 2.45) is 16.8 Å². The number of halogens is 1. The van der Waals surface area contributed by atoms with E-state index < -0.39 is 10.0 Å². The number of hydrogen-bond donors (Lipinski definition) is 2. The Morgan fingerprint density at radius 2 is 1.93 bits per heavy atom. The topological polar surface area (TPSA) is 73.8 Å². The van der Waals surface area contributed by atoms with Gasteiger partial charge in [0.2, 0.25) is 10.0 Å². The standard InChI is InChI=1S/C20H34N4O2S.HI/c1-5-21-20(22-13-16(2)3)23-14-18-8-10-19(11-9-18)27(25,26)24-12-6-7-17(4)15-24;/h8-11,16-17H,5-7,12-15H2,1-4H3,(H2,21,22,23);1H. The average molecular weight is 522 g/mol. The molecule has 0 bridgehead atoms. The second-order valence-corrected chi connectivity index (χ2v) is 9.66. The molecule has 1 aromatic carbocycles. The molecule has 0 aromatic heterocycles. The molecule has 2 rings (SSSR count). The first-order valence-corrected chi connectivity index (χ1v) is 11.4. The van der Waals surface area contributed by atoms with Crippen LogP contribution in [0.3, 0.4) is 0 Å². The summed E-state index contributed by atoms with van der Waals surface area (Å²) in [6.07, 6.45) is 2.03. The van der Waals surface area contributed by atoms with E-state index in [1.54, 1.807) is 16.4 Å². The van der Waals surface area contributed by atoms with Gasteiger partial charge in [0.1, 0.15) is 0 Å². The van der Waals surface area contributed by atoms with E-state index in [2.05, 4.69) is 36.4 Å². The Balaban J connectivity index is 0.00000392. The highest BCUT2D eigenvalue weighted by Crippen LogP contribution is 2.23. The van der Waals surface area contributed by atoms with Crippen LogP contribution in [0.1, 0.15) is 46.1 Å². The third-order valence-electron chi connectivity index (χ3n) is 4.62. The fraction of sp³-hybridized carbons (Fsp3) is 0.650. The fourth-order valence-electron chi connectivity index (χ4n) is 3.09. The number of guanidine groups is 1. The van der Waals surface area contributed by atoms with Gasteiger partial charge in [-0.2, -0.15) is 4.31 Å². The van der Waals surface area contributed by atoms with E-state index >= 15 is 0 Å². The summed E-state index contributed by atoms with van der Waals surface area (Å²) in [5, 5.41) is 6.54. The second-order valence-electron chi connectivity index (χ2n) is 7.72. The maximum atomic E-state index is 12.8. The van der Waals surface area contributed by atoms with Crippen LogP contribution in [0.15, 0.2) is 34.2 Å². The van der Waals surface area contributed by atoms with E-state index in [4.69, 9.17) is 0 Å². The van der Waals surface area contributed by atoms with Gasteiger partial charge in [-0.05, 0) is 49.3 Å².